The average Bonchev–Trinajstić information content (AvgIpc) is 2.36. The molecule has 0 spiro atoms. The minimum absolute atomic E-state index is 0.376. The van der Waals surface area contributed by atoms with E-state index in [0.29, 0.717) is 11.1 Å². The van der Waals surface area contributed by atoms with Crippen molar-refractivity contribution in [2.24, 2.45) is 0 Å². The molecule has 0 saturated carbocycles. The fourth-order valence-corrected chi connectivity index (χ4v) is 3.89. The van der Waals surface area contributed by atoms with E-state index < -0.39 is 16.8 Å². The molecule has 0 atom stereocenters. The molecule has 0 saturated heterocycles. The molecule has 0 aromatic heterocycles. The maximum Gasteiger partial charge on any atom is 0.226 e. The van der Waals surface area contributed by atoms with Crippen LogP contribution in [0.5, 0.6) is 0 Å². The fraction of sp³-hybridized carbons (Fsp3) is 0.417. The first kappa shape index (κ1) is 20.9. The third-order valence-corrected chi connectivity index (χ3v) is 8.20. The number of hydrogen-bond donors (Lipinski definition) is 0. The van der Waals surface area contributed by atoms with Crippen molar-refractivity contribution in [2.75, 3.05) is 0 Å². The van der Waals surface area contributed by atoms with E-state index >= 15 is 0 Å². The molecule has 1 radical (unpaired) electrons. The van der Waals surface area contributed by atoms with Gasteiger partial charge in [-0.2, -0.15) is 0 Å². The lowest BCUT2D eigenvalue weighted by atomic mass is 9.98. The zero-order chi connectivity index (χ0) is 16.7. The van der Waals surface area contributed by atoms with E-state index in [1.54, 1.807) is 37.6 Å². The molecule has 0 aliphatic carbocycles. The van der Waals surface area contributed by atoms with Gasteiger partial charge in [-0.05, 0) is 17.5 Å². The summed E-state index contributed by atoms with van der Waals surface area (Å²) in [5.41, 5.74) is 1.06. The molecule has 0 aliphatic rings. The third-order valence-electron chi connectivity index (χ3n) is 2.75. The first-order chi connectivity index (χ1) is 9.30. The van der Waals surface area contributed by atoms with Gasteiger partial charge < -0.3 is 0 Å². The van der Waals surface area contributed by atoms with Crippen LogP contribution in [0, 0.1) is 6.42 Å². The fourth-order valence-electron chi connectivity index (χ4n) is 1.58. The molecule has 0 amide bonds. The molecule has 0 N–H and O–H groups in total. The standard InChI is InChI=1S/C12H8Cl9/c1-2-7-5-3-4-6-8(7)9(13,14)10(15,16)11(17,18)12(19,20)21/h2-6H,1H3. The summed E-state index contributed by atoms with van der Waals surface area (Å²) >= 11 is 54.6. The van der Waals surface area contributed by atoms with Crippen LogP contribution in [-0.4, -0.2) is 12.5 Å². The number of alkyl halides is 9. The van der Waals surface area contributed by atoms with Gasteiger partial charge in [0.05, 0.1) is 0 Å². The summed E-state index contributed by atoms with van der Waals surface area (Å²) in [6.45, 7) is 1.79. The van der Waals surface area contributed by atoms with E-state index in [4.69, 9.17) is 104 Å². The molecule has 0 fully saturated rings. The number of rotatable bonds is 4. The number of halogens is 9. The van der Waals surface area contributed by atoms with Crippen molar-refractivity contribution in [3.63, 3.8) is 0 Å². The number of benzene rings is 1. The Morgan fingerprint density at radius 3 is 1.67 bits per heavy atom. The average molecular weight is 471 g/mol. The lowest BCUT2D eigenvalue weighted by Gasteiger charge is -2.44. The highest BCUT2D eigenvalue weighted by Crippen LogP contribution is 2.65. The van der Waals surface area contributed by atoms with Crippen LogP contribution in [-0.2, 0) is 4.33 Å². The molecule has 0 bridgehead atoms. The molecule has 1 aromatic rings. The summed E-state index contributed by atoms with van der Waals surface area (Å²) in [5, 5.41) is 0. The van der Waals surface area contributed by atoms with Gasteiger partial charge in [0.2, 0.25) is 8.13 Å². The van der Waals surface area contributed by atoms with E-state index in [1.807, 2.05) is 0 Å². The molecule has 9 heteroatoms. The Hall–Kier alpha value is 1.83. The lowest BCUT2D eigenvalue weighted by molar-refractivity contribution is 0.599. The molecule has 0 unspecified atom stereocenters. The van der Waals surface area contributed by atoms with Crippen LogP contribution in [0.4, 0.5) is 0 Å². The SMILES string of the molecule is C[CH]c1ccccc1C(Cl)(Cl)C(Cl)(Cl)C(Cl)(Cl)C(Cl)(Cl)Cl. The zero-order valence-corrected chi connectivity index (χ0v) is 17.1. The van der Waals surface area contributed by atoms with Crippen LogP contribution in [0.2, 0.25) is 0 Å². The van der Waals surface area contributed by atoms with E-state index in [-0.39, 0.29) is 0 Å². The smallest absolute Gasteiger partial charge is 0.0943 e. The predicted molar refractivity (Wildman–Crippen MR) is 98.1 cm³/mol. The largest absolute Gasteiger partial charge is 0.226 e. The first-order valence-corrected chi connectivity index (χ1v) is 8.80. The summed E-state index contributed by atoms with van der Waals surface area (Å²) in [4.78, 5) is 0. The Balaban J connectivity index is 3.47. The van der Waals surface area contributed by atoms with Crippen LogP contribution in [0.3, 0.4) is 0 Å². The van der Waals surface area contributed by atoms with E-state index in [9.17, 15) is 0 Å². The van der Waals surface area contributed by atoms with Crippen molar-refractivity contribution in [1.82, 2.24) is 0 Å². The van der Waals surface area contributed by atoms with Gasteiger partial charge in [0, 0.05) is 0 Å². The van der Waals surface area contributed by atoms with Crippen molar-refractivity contribution in [3.05, 3.63) is 41.8 Å². The second-order valence-electron chi connectivity index (χ2n) is 4.10. The van der Waals surface area contributed by atoms with E-state index in [0.717, 1.165) is 0 Å². The van der Waals surface area contributed by atoms with Gasteiger partial charge in [-0.1, -0.05) is 136 Å². The highest BCUT2D eigenvalue weighted by molar-refractivity contribution is 6.80. The summed E-state index contributed by atoms with van der Waals surface area (Å²) < 4.78 is -8.72. The third kappa shape index (κ3) is 3.75. The quantitative estimate of drug-likeness (QED) is 0.397. The van der Waals surface area contributed by atoms with Gasteiger partial charge in [0.1, 0.15) is 0 Å². The molecule has 0 nitrogen and oxygen atoms in total. The molecule has 1 aromatic carbocycles. The molecule has 1 rings (SSSR count). The van der Waals surface area contributed by atoms with Crippen molar-refractivity contribution in [1.29, 1.82) is 0 Å². The van der Waals surface area contributed by atoms with Gasteiger partial charge in [-0.3, -0.25) is 0 Å². The molecule has 21 heavy (non-hydrogen) atoms. The Bertz CT molecular complexity index is 502. The summed E-state index contributed by atoms with van der Waals surface area (Å²) in [6, 6.07) is 6.87. The second-order valence-corrected chi connectivity index (χ2v) is 10.4. The molecule has 119 valence electrons. The first-order valence-electron chi connectivity index (χ1n) is 5.39. The maximum absolute atomic E-state index is 6.36. The van der Waals surface area contributed by atoms with Crippen LogP contribution in [0.1, 0.15) is 18.1 Å². The van der Waals surface area contributed by atoms with Crippen LogP contribution in [0.25, 0.3) is 0 Å². The highest BCUT2D eigenvalue weighted by Gasteiger charge is 2.68. The summed E-state index contributed by atoms with van der Waals surface area (Å²) in [6.07, 6.45) is 1.76. The Labute approximate surface area is 168 Å². The maximum atomic E-state index is 6.36. The molecule has 0 heterocycles. The lowest BCUT2D eigenvalue weighted by Crippen LogP contribution is -2.55. The van der Waals surface area contributed by atoms with Gasteiger partial charge >= 0.3 is 0 Å². The van der Waals surface area contributed by atoms with E-state index in [2.05, 4.69) is 0 Å². The monoisotopic (exact) mass is 467 g/mol. The summed E-state index contributed by atoms with van der Waals surface area (Å²) in [7, 11) is 0. The van der Waals surface area contributed by atoms with Crippen LogP contribution in [0.15, 0.2) is 24.3 Å². The van der Waals surface area contributed by atoms with E-state index in [1.165, 1.54) is 0 Å². The Kier molecular flexibility index (Phi) is 6.94. The normalized spacial score (nSPS) is 14.4. The Morgan fingerprint density at radius 1 is 0.762 bits per heavy atom. The molecular weight excluding hydrogens is 463 g/mol. The minimum atomic E-state index is -2.29. The zero-order valence-electron chi connectivity index (χ0n) is 10.3. The minimum Gasteiger partial charge on any atom is -0.0943 e. The van der Waals surface area contributed by atoms with Gasteiger partial charge in [0.15, 0.2) is 8.67 Å². The Morgan fingerprint density at radius 2 is 1.24 bits per heavy atom. The van der Waals surface area contributed by atoms with Gasteiger partial charge in [0.25, 0.3) is 0 Å². The van der Waals surface area contributed by atoms with Gasteiger partial charge in [-0.15, -0.1) is 0 Å². The van der Waals surface area contributed by atoms with Crippen molar-refractivity contribution in [2.45, 2.75) is 23.7 Å². The molecule has 0 aliphatic heterocycles. The van der Waals surface area contributed by atoms with Crippen LogP contribution >= 0.6 is 104 Å². The van der Waals surface area contributed by atoms with Crippen molar-refractivity contribution in [3.8, 4) is 0 Å². The number of hydrogen-bond acceptors (Lipinski definition) is 0. The van der Waals surface area contributed by atoms with Crippen molar-refractivity contribution >= 4 is 104 Å². The summed E-state index contributed by atoms with van der Waals surface area (Å²) in [5.74, 6) is 0. The predicted octanol–water partition coefficient (Wildman–Crippen LogP) is 7.61. The topological polar surface area (TPSA) is 0 Å². The second kappa shape index (κ2) is 6.98. The molecular formula is C12H8Cl9. The van der Waals surface area contributed by atoms with Crippen molar-refractivity contribution < 1.29 is 0 Å². The van der Waals surface area contributed by atoms with Crippen LogP contribution < -0.4 is 0 Å². The van der Waals surface area contributed by atoms with Gasteiger partial charge in [-0.25, -0.2) is 0 Å². The highest BCUT2D eigenvalue weighted by atomic mass is 35.6.